The van der Waals surface area contributed by atoms with Crippen LogP contribution in [-0.4, -0.2) is 41.9 Å². The maximum Gasteiger partial charge on any atom is 0.274 e. The molecule has 7 heteroatoms. The van der Waals surface area contributed by atoms with E-state index in [4.69, 9.17) is 0 Å². The first kappa shape index (κ1) is 14.2. The highest BCUT2D eigenvalue weighted by Crippen LogP contribution is 2.27. The molecule has 20 heavy (non-hydrogen) atoms. The SMILES string of the molecule is CC(=O)N(C)C1CCN(c2cc(F)cc([N+](=O)[O-])c2)C1. The van der Waals surface area contributed by atoms with Crippen LogP contribution in [-0.2, 0) is 4.79 Å². The van der Waals surface area contributed by atoms with Gasteiger partial charge in [-0.15, -0.1) is 0 Å². The van der Waals surface area contributed by atoms with Gasteiger partial charge in [-0.05, 0) is 12.5 Å². The first-order valence-corrected chi connectivity index (χ1v) is 6.32. The molecule has 1 unspecified atom stereocenters. The number of non-ortho nitro benzene ring substituents is 1. The summed E-state index contributed by atoms with van der Waals surface area (Å²) < 4.78 is 13.4. The van der Waals surface area contributed by atoms with Crippen LogP contribution in [0.25, 0.3) is 0 Å². The van der Waals surface area contributed by atoms with Gasteiger partial charge in [0.1, 0.15) is 5.82 Å². The van der Waals surface area contributed by atoms with E-state index >= 15 is 0 Å². The number of carbonyl (C=O) groups is 1. The third-order valence-electron chi connectivity index (χ3n) is 3.65. The molecule has 2 rings (SSSR count). The molecule has 1 aromatic carbocycles. The molecule has 0 spiro atoms. The summed E-state index contributed by atoms with van der Waals surface area (Å²) in [4.78, 5) is 25.0. The molecule has 1 aromatic rings. The van der Waals surface area contributed by atoms with Crippen LogP contribution in [0.2, 0.25) is 0 Å². The second-order valence-corrected chi connectivity index (χ2v) is 4.94. The normalized spacial score (nSPS) is 18.1. The van der Waals surface area contributed by atoms with Gasteiger partial charge >= 0.3 is 0 Å². The number of carbonyl (C=O) groups excluding carboxylic acids is 1. The lowest BCUT2D eigenvalue weighted by Gasteiger charge is -2.24. The second kappa shape index (κ2) is 5.44. The Hall–Kier alpha value is -2.18. The summed E-state index contributed by atoms with van der Waals surface area (Å²) in [5.74, 6) is -0.653. The average Bonchev–Trinajstić information content (AvgIpc) is 2.86. The number of benzene rings is 1. The first-order valence-electron chi connectivity index (χ1n) is 6.32. The zero-order valence-corrected chi connectivity index (χ0v) is 11.4. The molecule has 1 amide bonds. The standard InChI is InChI=1S/C13H16FN3O3/c1-9(18)15(2)11-3-4-16(8-11)12-5-10(14)6-13(7-12)17(19)20/h5-7,11H,3-4,8H2,1-2H3. The number of hydrogen-bond donors (Lipinski definition) is 0. The van der Waals surface area contributed by atoms with Gasteiger partial charge in [-0.1, -0.05) is 0 Å². The van der Waals surface area contributed by atoms with Crippen LogP contribution in [0.5, 0.6) is 0 Å². The molecule has 1 fully saturated rings. The Morgan fingerprint density at radius 2 is 2.20 bits per heavy atom. The van der Waals surface area contributed by atoms with Gasteiger partial charge in [0.05, 0.1) is 17.0 Å². The Bertz CT molecular complexity index is 550. The molecule has 0 aromatic heterocycles. The molecule has 1 atom stereocenters. The molecule has 0 radical (unpaired) electrons. The molecule has 108 valence electrons. The van der Waals surface area contributed by atoms with Crippen molar-refractivity contribution in [2.24, 2.45) is 0 Å². The Labute approximate surface area is 115 Å². The number of nitrogens with zero attached hydrogens (tertiary/aromatic N) is 3. The zero-order valence-electron chi connectivity index (χ0n) is 11.4. The minimum Gasteiger partial charge on any atom is -0.369 e. The van der Waals surface area contributed by atoms with Gasteiger partial charge in [0, 0.05) is 38.8 Å². The van der Waals surface area contributed by atoms with Crippen molar-refractivity contribution in [3.05, 3.63) is 34.1 Å². The Morgan fingerprint density at radius 1 is 1.50 bits per heavy atom. The van der Waals surface area contributed by atoms with E-state index in [1.165, 1.54) is 19.1 Å². The molecule has 1 aliphatic rings. The fourth-order valence-electron chi connectivity index (χ4n) is 2.40. The number of halogens is 1. The van der Waals surface area contributed by atoms with Gasteiger partial charge < -0.3 is 9.80 Å². The Balaban J connectivity index is 2.18. The number of likely N-dealkylation sites (N-methyl/N-ethyl adjacent to an activating group) is 1. The van der Waals surface area contributed by atoms with Crippen molar-refractivity contribution in [2.75, 3.05) is 25.0 Å². The van der Waals surface area contributed by atoms with Gasteiger partial charge in [0.2, 0.25) is 5.91 Å². The molecule has 1 saturated heterocycles. The minimum atomic E-state index is -0.627. The van der Waals surface area contributed by atoms with Crippen LogP contribution in [0, 0.1) is 15.9 Å². The molecule has 0 saturated carbocycles. The van der Waals surface area contributed by atoms with Crippen LogP contribution in [0.1, 0.15) is 13.3 Å². The van der Waals surface area contributed by atoms with Gasteiger partial charge in [-0.3, -0.25) is 14.9 Å². The maximum absolute atomic E-state index is 13.4. The fourth-order valence-corrected chi connectivity index (χ4v) is 2.40. The van der Waals surface area contributed by atoms with Gasteiger partial charge in [0.25, 0.3) is 5.69 Å². The summed E-state index contributed by atoms with van der Waals surface area (Å²) in [6, 6.07) is 3.59. The Morgan fingerprint density at radius 3 is 2.80 bits per heavy atom. The molecular weight excluding hydrogens is 265 g/mol. The summed E-state index contributed by atoms with van der Waals surface area (Å²) in [6.45, 7) is 2.69. The lowest BCUT2D eigenvalue weighted by atomic mass is 10.2. The summed E-state index contributed by atoms with van der Waals surface area (Å²) in [6.07, 6.45) is 0.764. The quantitative estimate of drug-likeness (QED) is 0.626. The summed E-state index contributed by atoms with van der Waals surface area (Å²) in [5.41, 5.74) is 0.222. The lowest BCUT2D eigenvalue weighted by molar-refractivity contribution is -0.385. The summed E-state index contributed by atoms with van der Waals surface area (Å²) in [5, 5.41) is 10.7. The van der Waals surface area contributed by atoms with Crippen molar-refractivity contribution in [3.8, 4) is 0 Å². The van der Waals surface area contributed by atoms with Crippen LogP contribution in [0.3, 0.4) is 0 Å². The van der Waals surface area contributed by atoms with E-state index in [-0.39, 0.29) is 17.6 Å². The van der Waals surface area contributed by atoms with E-state index in [0.29, 0.717) is 18.8 Å². The minimum absolute atomic E-state index is 0.0259. The average molecular weight is 281 g/mol. The number of amides is 1. The first-order chi connectivity index (χ1) is 9.38. The van der Waals surface area contributed by atoms with Gasteiger partial charge in [0.15, 0.2) is 0 Å². The third-order valence-corrected chi connectivity index (χ3v) is 3.65. The largest absolute Gasteiger partial charge is 0.369 e. The number of hydrogen-bond acceptors (Lipinski definition) is 4. The molecular formula is C13H16FN3O3. The second-order valence-electron chi connectivity index (χ2n) is 4.94. The highest BCUT2D eigenvalue weighted by atomic mass is 19.1. The monoisotopic (exact) mass is 281 g/mol. The number of nitro groups is 1. The molecule has 0 aliphatic carbocycles. The van der Waals surface area contributed by atoms with Crippen molar-refractivity contribution in [3.63, 3.8) is 0 Å². The number of nitro benzene ring substituents is 1. The maximum atomic E-state index is 13.4. The fraction of sp³-hybridized carbons (Fsp3) is 0.462. The van der Waals surface area contributed by atoms with E-state index in [1.807, 2.05) is 4.90 Å². The third kappa shape index (κ3) is 2.87. The van der Waals surface area contributed by atoms with Crippen molar-refractivity contribution in [1.29, 1.82) is 0 Å². The van der Waals surface area contributed by atoms with Crippen molar-refractivity contribution in [1.82, 2.24) is 4.90 Å². The van der Waals surface area contributed by atoms with Gasteiger partial charge in [-0.25, -0.2) is 4.39 Å². The molecule has 1 aliphatic heterocycles. The van der Waals surface area contributed by atoms with E-state index in [9.17, 15) is 19.3 Å². The van der Waals surface area contributed by atoms with Crippen molar-refractivity contribution in [2.45, 2.75) is 19.4 Å². The van der Waals surface area contributed by atoms with Crippen molar-refractivity contribution < 1.29 is 14.1 Å². The smallest absolute Gasteiger partial charge is 0.274 e. The van der Waals surface area contributed by atoms with Crippen molar-refractivity contribution >= 4 is 17.3 Å². The van der Waals surface area contributed by atoms with Gasteiger partial charge in [-0.2, -0.15) is 0 Å². The molecule has 1 heterocycles. The Kier molecular flexibility index (Phi) is 3.87. The zero-order chi connectivity index (χ0) is 14.9. The van der Waals surface area contributed by atoms with Crippen LogP contribution in [0.4, 0.5) is 15.8 Å². The molecule has 0 bridgehead atoms. The number of rotatable bonds is 3. The summed E-state index contributed by atoms with van der Waals surface area (Å²) >= 11 is 0. The number of anilines is 1. The van der Waals surface area contributed by atoms with E-state index < -0.39 is 10.7 Å². The molecule has 6 nitrogen and oxygen atoms in total. The van der Waals surface area contributed by atoms with E-state index in [0.717, 1.165) is 12.5 Å². The highest BCUT2D eigenvalue weighted by molar-refractivity contribution is 5.73. The predicted molar refractivity (Wildman–Crippen MR) is 72.1 cm³/mol. The van der Waals surface area contributed by atoms with E-state index in [2.05, 4.69) is 0 Å². The molecule has 0 N–H and O–H groups in total. The van der Waals surface area contributed by atoms with Crippen LogP contribution in [0.15, 0.2) is 18.2 Å². The topological polar surface area (TPSA) is 66.7 Å². The predicted octanol–water partition coefficient (Wildman–Crippen LogP) is 1.79. The highest BCUT2D eigenvalue weighted by Gasteiger charge is 2.28. The van der Waals surface area contributed by atoms with Crippen LogP contribution < -0.4 is 4.90 Å². The van der Waals surface area contributed by atoms with E-state index in [1.54, 1.807) is 11.9 Å². The lowest BCUT2D eigenvalue weighted by Crippen LogP contribution is -2.37. The van der Waals surface area contributed by atoms with Crippen LogP contribution >= 0.6 is 0 Å². The summed E-state index contributed by atoms with van der Waals surface area (Å²) in [7, 11) is 1.73.